The van der Waals surface area contributed by atoms with Crippen molar-refractivity contribution in [2.45, 2.75) is 26.9 Å². The molecule has 0 radical (unpaired) electrons. The van der Waals surface area contributed by atoms with Gasteiger partial charge < -0.3 is 15.4 Å². The second-order valence-electron chi connectivity index (χ2n) is 6.60. The molecule has 3 rings (SSSR count). The predicted molar refractivity (Wildman–Crippen MR) is 128 cm³/mol. The molecule has 0 bridgehead atoms. The van der Waals surface area contributed by atoms with Crippen LogP contribution in [0.5, 0.6) is 5.75 Å². The molecule has 1 aromatic heterocycles. The Morgan fingerprint density at radius 1 is 1.03 bits per heavy atom. The van der Waals surface area contributed by atoms with Crippen LogP contribution in [0.15, 0.2) is 59.6 Å². The second kappa shape index (κ2) is 10.8. The summed E-state index contributed by atoms with van der Waals surface area (Å²) in [6.45, 7) is 5.41. The van der Waals surface area contributed by atoms with Crippen LogP contribution >= 0.6 is 24.0 Å². The maximum absolute atomic E-state index is 5.20. The van der Waals surface area contributed by atoms with E-state index in [1.165, 1.54) is 0 Å². The molecule has 0 aliphatic carbocycles. The van der Waals surface area contributed by atoms with Gasteiger partial charge in [0.25, 0.3) is 0 Å². The molecule has 0 saturated heterocycles. The number of hydrogen-bond donors (Lipinski definition) is 2. The molecule has 6 nitrogen and oxygen atoms in total. The van der Waals surface area contributed by atoms with Gasteiger partial charge in [-0.1, -0.05) is 30.3 Å². The quantitative estimate of drug-likeness (QED) is 0.302. The number of nitrogens with one attached hydrogen (secondary N) is 2. The summed E-state index contributed by atoms with van der Waals surface area (Å²) in [4.78, 5) is 4.32. The number of aromatic nitrogens is 2. The van der Waals surface area contributed by atoms with Gasteiger partial charge in [0, 0.05) is 25.8 Å². The van der Waals surface area contributed by atoms with E-state index in [2.05, 4.69) is 45.8 Å². The van der Waals surface area contributed by atoms with Crippen LogP contribution in [0, 0.1) is 13.8 Å². The van der Waals surface area contributed by atoms with E-state index in [4.69, 9.17) is 4.74 Å². The fourth-order valence-electron chi connectivity index (χ4n) is 3.07. The van der Waals surface area contributed by atoms with E-state index < -0.39 is 0 Å². The first kappa shape index (κ1) is 22.7. The molecule has 0 spiro atoms. The SMILES string of the molecule is CN=C(NCc1ccc(OC)cc1)NCc1ccccc1-n1nc(C)cc1C.I. The number of methoxy groups -OCH3 is 1. The summed E-state index contributed by atoms with van der Waals surface area (Å²) in [6, 6.07) is 18.3. The zero-order valence-electron chi connectivity index (χ0n) is 17.3. The summed E-state index contributed by atoms with van der Waals surface area (Å²) in [5.41, 5.74) is 5.52. The van der Waals surface area contributed by atoms with Crippen LogP contribution in [0.1, 0.15) is 22.5 Å². The maximum atomic E-state index is 5.20. The van der Waals surface area contributed by atoms with Gasteiger partial charge in [-0.3, -0.25) is 4.99 Å². The fraction of sp³-hybridized carbons (Fsp3) is 0.273. The number of aliphatic imine (C=N–C) groups is 1. The van der Waals surface area contributed by atoms with Crippen molar-refractivity contribution in [3.05, 3.63) is 77.1 Å². The molecular weight excluding hydrogens is 477 g/mol. The van der Waals surface area contributed by atoms with Crippen molar-refractivity contribution in [3.8, 4) is 11.4 Å². The minimum absolute atomic E-state index is 0. The molecule has 0 atom stereocenters. The molecule has 0 aliphatic rings. The summed E-state index contributed by atoms with van der Waals surface area (Å²) >= 11 is 0. The van der Waals surface area contributed by atoms with Crippen LogP contribution < -0.4 is 15.4 Å². The number of halogens is 1. The Labute approximate surface area is 189 Å². The molecule has 0 saturated carbocycles. The van der Waals surface area contributed by atoms with E-state index in [1.807, 2.05) is 48.0 Å². The van der Waals surface area contributed by atoms with Gasteiger partial charge in [0.2, 0.25) is 0 Å². The third-order valence-electron chi connectivity index (χ3n) is 4.52. The Kier molecular flexibility index (Phi) is 8.50. The van der Waals surface area contributed by atoms with Crippen LogP contribution in [0.2, 0.25) is 0 Å². The molecule has 0 fully saturated rings. The number of guanidine groups is 1. The zero-order chi connectivity index (χ0) is 19.9. The van der Waals surface area contributed by atoms with Gasteiger partial charge in [-0.15, -0.1) is 24.0 Å². The largest absolute Gasteiger partial charge is 0.497 e. The highest BCUT2D eigenvalue weighted by Crippen LogP contribution is 2.17. The predicted octanol–water partition coefficient (Wildman–Crippen LogP) is 3.98. The van der Waals surface area contributed by atoms with Crippen molar-refractivity contribution >= 4 is 29.9 Å². The normalized spacial score (nSPS) is 11.0. The zero-order valence-corrected chi connectivity index (χ0v) is 19.6. The van der Waals surface area contributed by atoms with Gasteiger partial charge >= 0.3 is 0 Å². The Balaban J connectivity index is 0.00000300. The number of rotatable bonds is 6. The van der Waals surface area contributed by atoms with Gasteiger partial charge in [-0.05, 0) is 49.2 Å². The van der Waals surface area contributed by atoms with Crippen molar-refractivity contribution in [3.63, 3.8) is 0 Å². The Morgan fingerprint density at radius 3 is 2.34 bits per heavy atom. The molecule has 1 heterocycles. The van der Waals surface area contributed by atoms with E-state index in [9.17, 15) is 0 Å². The Morgan fingerprint density at radius 2 is 1.72 bits per heavy atom. The number of benzene rings is 2. The monoisotopic (exact) mass is 505 g/mol. The average molecular weight is 505 g/mol. The van der Waals surface area contributed by atoms with Crippen LogP contribution in [0.25, 0.3) is 5.69 Å². The topological polar surface area (TPSA) is 63.5 Å². The molecule has 7 heteroatoms. The van der Waals surface area contributed by atoms with E-state index >= 15 is 0 Å². The maximum Gasteiger partial charge on any atom is 0.191 e. The summed E-state index contributed by atoms with van der Waals surface area (Å²) in [5.74, 6) is 1.60. The van der Waals surface area contributed by atoms with Crippen LogP contribution in [0.3, 0.4) is 0 Å². The molecule has 154 valence electrons. The standard InChI is InChI=1S/C22H27N5O.HI/c1-16-13-17(2)27(26-16)21-8-6-5-7-19(21)15-25-22(23-3)24-14-18-9-11-20(28-4)12-10-18;/h5-13H,14-15H2,1-4H3,(H2,23,24,25);1H. The number of hydrogen-bond acceptors (Lipinski definition) is 3. The number of nitrogens with zero attached hydrogens (tertiary/aromatic N) is 3. The number of para-hydroxylation sites is 1. The first-order chi connectivity index (χ1) is 13.6. The molecule has 0 amide bonds. The number of ether oxygens (including phenoxy) is 1. The summed E-state index contributed by atoms with van der Waals surface area (Å²) in [6.07, 6.45) is 0. The summed E-state index contributed by atoms with van der Waals surface area (Å²) in [7, 11) is 3.44. The molecule has 3 aromatic rings. The van der Waals surface area contributed by atoms with Crippen molar-refractivity contribution in [2.75, 3.05) is 14.2 Å². The van der Waals surface area contributed by atoms with Gasteiger partial charge in [-0.25, -0.2) is 4.68 Å². The molecular formula is C22H28IN5O. The second-order valence-corrected chi connectivity index (χ2v) is 6.60. The third-order valence-corrected chi connectivity index (χ3v) is 4.52. The molecule has 0 aliphatic heterocycles. The van der Waals surface area contributed by atoms with Gasteiger partial charge in [0.1, 0.15) is 5.75 Å². The lowest BCUT2D eigenvalue weighted by Gasteiger charge is -2.15. The lowest BCUT2D eigenvalue weighted by molar-refractivity contribution is 0.414. The lowest BCUT2D eigenvalue weighted by Crippen LogP contribution is -2.36. The van der Waals surface area contributed by atoms with E-state index in [0.717, 1.165) is 39.9 Å². The average Bonchev–Trinajstić information content (AvgIpc) is 3.06. The fourth-order valence-corrected chi connectivity index (χ4v) is 3.07. The van der Waals surface area contributed by atoms with Crippen LogP contribution in [-0.4, -0.2) is 29.9 Å². The first-order valence-electron chi connectivity index (χ1n) is 9.29. The van der Waals surface area contributed by atoms with Crippen molar-refractivity contribution in [1.82, 2.24) is 20.4 Å². The minimum atomic E-state index is 0. The van der Waals surface area contributed by atoms with Crippen molar-refractivity contribution < 1.29 is 4.74 Å². The molecule has 0 unspecified atom stereocenters. The summed E-state index contributed by atoms with van der Waals surface area (Å²) in [5, 5.41) is 11.3. The van der Waals surface area contributed by atoms with Crippen LogP contribution in [-0.2, 0) is 13.1 Å². The minimum Gasteiger partial charge on any atom is -0.497 e. The summed E-state index contributed by atoms with van der Waals surface area (Å²) < 4.78 is 7.18. The highest BCUT2D eigenvalue weighted by molar-refractivity contribution is 14.0. The van der Waals surface area contributed by atoms with Gasteiger partial charge in [0.15, 0.2) is 5.96 Å². The Hall–Kier alpha value is -2.55. The highest BCUT2D eigenvalue weighted by atomic mass is 127. The third kappa shape index (κ3) is 5.96. The number of aryl methyl sites for hydroxylation is 2. The van der Waals surface area contributed by atoms with E-state index in [0.29, 0.717) is 13.1 Å². The van der Waals surface area contributed by atoms with Crippen molar-refractivity contribution in [2.24, 2.45) is 4.99 Å². The van der Waals surface area contributed by atoms with Crippen LogP contribution in [0.4, 0.5) is 0 Å². The lowest BCUT2D eigenvalue weighted by atomic mass is 10.1. The molecule has 2 N–H and O–H groups in total. The Bertz CT molecular complexity index is 950. The van der Waals surface area contributed by atoms with Crippen molar-refractivity contribution in [1.29, 1.82) is 0 Å². The smallest absolute Gasteiger partial charge is 0.191 e. The van der Waals surface area contributed by atoms with E-state index in [1.54, 1.807) is 14.2 Å². The molecule has 2 aromatic carbocycles. The first-order valence-corrected chi connectivity index (χ1v) is 9.29. The molecule has 29 heavy (non-hydrogen) atoms. The van der Waals surface area contributed by atoms with E-state index in [-0.39, 0.29) is 24.0 Å². The highest BCUT2D eigenvalue weighted by Gasteiger charge is 2.09. The van der Waals surface area contributed by atoms with Gasteiger partial charge in [-0.2, -0.15) is 5.10 Å². The van der Waals surface area contributed by atoms with Gasteiger partial charge in [0.05, 0.1) is 18.5 Å².